The smallest absolute Gasteiger partial charge is 0.227 e. The zero-order valence-electron chi connectivity index (χ0n) is 17.5. The number of aromatic nitrogens is 1. The number of carbonyl (C=O) groups is 2. The highest BCUT2D eigenvalue weighted by atomic mass is 16.3. The SMILES string of the molecule is O=C(Nc1ccc(-c2nc3ccccc3o2)cc1)C1CCN(C(=O)C2CCCC2)CC1. The van der Waals surface area contributed by atoms with Crippen molar-refractivity contribution in [3.05, 3.63) is 48.5 Å². The summed E-state index contributed by atoms with van der Waals surface area (Å²) in [6.07, 6.45) is 5.84. The number of fused-ring (bicyclic) bond motifs is 1. The fourth-order valence-electron chi connectivity index (χ4n) is 4.73. The van der Waals surface area contributed by atoms with Crippen molar-refractivity contribution in [3.63, 3.8) is 0 Å². The number of nitrogens with one attached hydrogen (secondary N) is 1. The molecule has 6 heteroatoms. The molecule has 6 nitrogen and oxygen atoms in total. The lowest BCUT2D eigenvalue weighted by Crippen LogP contribution is -2.43. The van der Waals surface area contributed by atoms with Gasteiger partial charge in [-0.25, -0.2) is 4.98 Å². The molecule has 1 aliphatic carbocycles. The number of nitrogens with zero attached hydrogens (tertiary/aromatic N) is 2. The molecule has 5 rings (SSSR count). The summed E-state index contributed by atoms with van der Waals surface area (Å²) in [6.45, 7) is 1.37. The largest absolute Gasteiger partial charge is 0.436 e. The lowest BCUT2D eigenvalue weighted by Gasteiger charge is -2.33. The second-order valence-corrected chi connectivity index (χ2v) is 8.63. The minimum Gasteiger partial charge on any atom is -0.436 e. The third-order valence-corrected chi connectivity index (χ3v) is 6.58. The summed E-state index contributed by atoms with van der Waals surface area (Å²) in [5.74, 6) is 1.06. The van der Waals surface area contributed by atoms with Gasteiger partial charge in [0.25, 0.3) is 0 Å². The third-order valence-electron chi connectivity index (χ3n) is 6.58. The number of para-hydroxylation sites is 2. The van der Waals surface area contributed by atoms with Gasteiger partial charge in [0.1, 0.15) is 5.52 Å². The van der Waals surface area contributed by atoms with Gasteiger partial charge >= 0.3 is 0 Å². The topological polar surface area (TPSA) is 75.4 Å². The zero-order chi connectivity index (χ0) is 21.2. The molecule has 1 saturated carbocycles. The number of carbonyl (C=O) groups excluding carboxylic acids is 2. The van der Waals surface area contributed by atoms with Crippen LogP contribution in [0, 0.1) is 11.8 Å². The summed E-state index contributed by atoms with van der Waals surface area (Å²) in [7, 11) is 0. The molecule has 2 amide bonds. The predicted molar refractivity (Wildman–Crippen MR) is 119 cm³/mol. The fourth-order valence-corrected chi connectivity index (χ4v) is 4.73. The van der Waals surface area contributed by atoms with Crippen molar-refractivity contribution in [1.29, 1.82) is 0 Å². The van der Waals surface area contributed by atoms with E-state index < -0.39 is 0 Å². The molecule has 0 bridgehead atoms. The average Bonchev–Trinajstić information content (AvgIpc) is 3.49. The molecule has 1 aliphatic heterocycles. The van der Waals surface area contributed by atoms with E-state index in [9.17, 15) is 9.59 Å². The highest BCUT2D eigenvalue weighted by Gasteiger charge is 2.32. The second-order valence-electron chi connectivity index (χ2n) is 8.63. The Balaban J connectivity index is 1.17. The maximum Gasteiger partial charge on any atom is 0.227 e. The van der Waals surface area contributed by atoms with E-state index in [0.717, 1.165) is 48.0 Å². The monoisotopic (exact) mass is 417 g/mol. The van der Waals surface area contributed by atoms with Crippen LogP contribution in [0.25, 0.3) is 22.6 Å². The number of benzene rings is 2. The Hall–Kier alpha value is -3.15. The number of rotatable bonds is 4. The van der Waals surface area contributed by atoms with Gasteiger partial charge in [0, 0.05) is 36.2 Å². The number of hydrogen-bond donors (Lipinski definition) is 1. The Morgan fingerprint density at radius 2 is 1.61 bits per heavy atom. The van der Waals surface area contributed by atoms with Crippen molar-refractivity contribution in [3.8, 4) is 11.5 Å². The first-order chi connectivity index (χ1) is 15.2. The molecule has 0 atom stereocenters. The van der Waals surface area contributed by atoms with E-state index in [1.807, 2.05) is 53.4 Å². The predicted octanol–water partition coefficient (Wildman–Crippen LogP) is 4.86. The summed E-state index contributed by atoms with van der Waals surface area (Å²) in [4.78, 5) is 31.8. The summed E-state index contributed by atoms with van der Waals surface area (Å²) >= 11 is 0. The van der Waals surface area contributed by atoms with Crippen molar-refractivity contribution >= 4 is 28.6 Å². The minimum absolute atomic E-state index is 0.0302. The molecule has 2 aromatic carbocycles. The first-order valence-corrected chi connectivity index (χ1v) is 11.2. The van der Waals surface area contributed by atoms with E-state index in [-0.39, 0.29) is 17.7 Å². The molecule has 2 heterocycles. The second kappa shape index (κ2) is 8.53. The molecule has 1 N–H and O–H groups in total. The van der Waals surface area contributed by atoms with Gasteiger partial charge in [0.05, 0.1) is 0 Å². The molecule has 2 aliphatic rings. The Bertz CT molecular complexity index is 1040. The van der Waals surface area contributed by atoms with Gasteiger partial charge in [-0.15, -0.1) is 0 Å². The van der Waals surface area contributed by atoms with E-state index in [2.05, 4.69) is 10.3 Å². The molecule has 2 fully saturated rings. The summed E-state index contributed by atoms with van der Waals surface area (Å²) in [5.41, 5.74) is 3.21. The maximum atomic E-state index is 12.7. The van der Waals surface area contributed by atoms with Crippen LogP contribution in [0.1, 0.15) is 38.5 Å². The Kier molecular flexibility index (Phi) is 5.45. The van der Waals surface area contributed by atoms with Crippen LogP contribution in [0.4, 0.5) is 5.69 Å². The van der Waals surface area contributed by atoms with Gasteiger partial charge in [0.15, 0.2) is 5.58 Å². The van der Waals surface area contributed by atoms with Crippen LogP contribution in [-0.4, -0.2) is 34.8 Å². The first kappa shape index (κ1) is 19.8. The highest BCUT2D eigenvalue weighted by molar-refractivity contribution is 5.93. The number of amides is 2. The summed E-state index contributed by atoms with van der Waals surface area (Å²) < 4.78 is 5.81. The minimum atomic E-state index is -0.0515. The van der Waals surface area contributed by atoms with Crippen LogP contribution < -0.4 is 5.32 Å². The van der Waals surface area contributed by atoms with Crippen LogP contribution in [0.2, 0.25) is 0 Å². The molecule has 0 radical (unpaired) electrons. The van der Waals surface area contributed by atoms with Gasteiger partial charge in [-0.05, 0) is 62.1 Å². The first-order valence-electron chi connectivity index (χ1n) is 11.2. The van der Waals surface area contributed by atoms with Crippen molar-refractivity contribution in [1.82, 2.24) is 9.88 Å². The van der Waals surface area contributed by atoms with Gasteiger partial charge < -0.3 is 14.6 Å². The van der Waals surface area contributed by atoms with Crippen molar-refractivity contribution in [2.75, 3.05) is 18.4 Å². The highest BCUT2D eigenvalue weighted by Crippen LogP contribution is 2.29. The van der Waals surface area contributed by atoms with Crippen LogP contribution in [0.5, 0.6) is 0 Å². The standard InChI is InChI=1S/C25H27N3O3/c29-23(17-13-15-28(16-14-17)25(30)19-5-1-2-6-19)26-20-11-9-18(10-12-20)24-27-21-7-3-4-8-22(21)31-24/h3-4,7-12,17,19H,1-2,5-6,13-16H2,(H,26,29). The van der Waals surface area contributed by atoms with Crippen molar-refractivity contribution in [2.24, 2.45) is 11.8 Å². The number of piperidine rings is 1. The Morgan fingerprint density at radius 3 is 2.32 bits per heavy atom. The summed E-state index contributed by atoms with van der Waals surface area (Å²) in [6, 6.07) is 15.2. The van der Waals surface area contributed by atoms with E-state index in [1.165, 1.54) is 12.8 Å². The number of oxazole rings is 1. The van der Waals surface area contributed by atoms with E-state index in [0.29, 0.717) is 24.9 Å². The van der Waals surface area contributed by atoms with Gasteiger partial charge in [-0.1, -0.05) is 25.0 Å². The van der Waals surface area contributed by atoms with Crippen LogP contribution in [0.3, 0.4) is 0 Å². The quantitative estimate of drug-likeness (QED) is 0.658. The van der Waals surface area contributed by atoms with Crippen LogP contribution in [0.15, 0.2) is 52.9 Å². The number of likely N-dealkylation sites (tertiary alicyclic amines) is 1. The lowest BCUT2D eigenvalue weighted by atomic mass is 9.94. The van der Waals surface area contributed by atoms with Crippen molar-refractivity contribution in [2.45, 2.75) is 38.5 Å². The molecule has 0 unspecified atom stereocenters. The van der Waals surface area contributed by atoms with Gasteiger partial charge in [-0.3, -0.25) is 9.59 Å². The van der Waals surface area contributed by atoms with Gasteiger partial charge in [-0.2, -0.15) is 0 Å². The molecule has 0 spiro atoms. The van der Waals surface area contributed by atoms with E-state index >= 15 is 0 Å². The van der Waals surface area contributed by atoms with Gasteiger partial charge in [0.2, 0.25) is 17.7 Å². The molecular formula is C25H27N3O3. The van der Waals surface area contributed by atoms with E-state index in [1.54, 1.807) is 0 Å². The lowest BCUT2D eigenvalue weighted by molar-refractivity contribution is -0.138. The summed E-state index contributed by atoms with van der Waals surface area (Å²) in [5, 5.41) is 3.02. The Labute approximate surface area is 181 Å². The fraction of sp³-hybridized carbons (Fsp3) is 0.400. The Morgan fingerprint density at radius 1 is 0.903 bits per heavy atom. The molecular weight excluding hydrogens is 390 g/mol. The third kappa shape index (κ3) is 4.20. The molecule has 160 valence electrons. The zero-order valence-corrected chi connectivity index (χ0v) is 17.5. The molecule has 1 aromatic heterocycles. The molecule has 31 heavy (non-hydrogen) atoms. The van der Waals surface area contributed by atoms with Crippen molar-refractivity contribution < 1.29 is 14.0 Å². The van der Waals surface area contributed by atoms with E-state index in [4.69, 9.17) is 4.42 Å². The molecule has 3 aromatic rings. The van der Waals surface area contributed by atoms with Crippen LogP contribution in [-0.2, 0) is 9.59 Å². The van der Waals surface area contributed by atoms with Crippen LogP contribution >= 0.6 is 0 Å². The number of anilines is 1. The maximum absolute atomic E-state index is 12.7. The molecule has 1 saturated heterocycles. The number of hydrogen-bond acceptors (Lipinski definition) is 4. The average molecular weight is 418 g/mol. The normalized spacial score (nSPS) is 17.9.